The van der Waals surface area contributed by atoms with E-state index >= 15 is 0 Å². The Labute approximate surface area is 136 Å². The highest BCUT2D eigenvalue weighted by molar-refractivity contribution is 5.95. The lowest BCUT2D eigenvalue weighted by atomic mass is 10.0. The van der Waals surface area contributed by atoms with Crippen LogP contribution in [0.3, 0.4) is 0 Å². The number of hydrogen-bond donors (Lipinski definition) is 2. The van der Waals surface area contributed by atoms with Gasteiger partial charge in [-0.1, -0.05) is 29.8 Å². The Kier molecular flexibility index (Phi) is 4.69. The van der Waals surface area contributed by atoms with E-state index in [2.05, 4.69) is 21.7 Å². The third-order valence-corrected chi connectivity index (χ3v) is 4.13. The molecule has 1 amide bonds. The number of carbonyl (C=O) groups excluding carboxylic acids is 1. The van der Waals surface area contributed by atoms with Crippen LogP contribution in [0.2, 0.25) is 0 Å². The number of amides is 1. The van der Waals surface area contributed by atoms with E-state index in [0.717, 1.165) is 24.2 Å². The molecule has 0 radical (unpaired) electrons. The molecule has 23 heavy (non-hydrogen) atoms. The van der Waals surface area contributed by atoms with Crippen molar-refractivity contribution in [3.8, 4) is 11.1 Å². The predicted octanol–water partition coefficient (Wildman–Crippen LogP) is 1.77. The summed E-state index contributed by atoms with van der Waals surface area (Å²) in [6.45, 7) is 3.52. The van der Waals surface area contributed by atoms with E-state index in [4.69, 9.17) is 4.74 Å². The number of rotatable bonds is 4. The molecular formula is C18H21N3O2. The highest BCUT2D eigenvalue weighted by Crippen LogP contribution is 2.20. The first-order valence-electron chi connectivity index (χ1n) is 7.74. The van der Waals surface area contributed by atoms with Crippen molar-refractivity contribution < 1.29 is 9.53 Å². The molecule has 1 saturated heterocycles. The molecule has 120 valence electrons. The van der Waals surface area contributed by atoms with Gasteiger partial charge in [-0.15, -0.1) is 0 Å². The summed E-state index contributed by atoms with van der Waals surface area (Å²) in [6, 6.07) is 10.0. The molecule has 1 aliphatic rings. The maximum absolute atomic E-state index is 12.5. The van der Waals surface area contributed by atoms with Crippen molar-refractivity contribution >= 4 is 5.91 Å². The van der Waals surface area contributed by atoms with Gasteiger partial charge in [0, 0.05) is 38.2 Å². The number of nitrogens with one attached hydrogen (secondary N) is 2. The summed E-state index contributed by atoms with van der Waals surface area (Å²) >= 11 is 0. The average molecular weight is 311 g/mol. The van der Waals surface area contributed by atoms with Crippen molar-refractivity contribution in [1.29, 1.82) is 0 Å². The molecule has 0 saturated carbocycles. The van der Waals surface area contributed by atoms with Crippen molar-refractivity contribution in [2.45, 2.75) is 19.1 Å². The fraction of sp³-hybridized carbons (Fsp3) is 0.333. The van der Waals surface area contributed by atoms with Gasteiger partial charge in [-0.2, -0.15) is 0 Å². The van der Waals surface area contributed by atoms with E-state index in [1.807, 2.05) is 31.2 Å². The van der Waals surface area contributed by atoms with E-state index in [0.29, 0.717) is 5.56 Å². The molecule has 5 nitrogen and oxygen atoms in total. The molecule has 1 fully saturated rings. The largest absolute Gasteiger partial charge is 0.378 e. The lowest BCUT2D eigenvalue weighted by Crippen LogP contribution is -2.43. The second-order valence-corrected chi connectivity index (χ2v) is 5.84. The van der Waals surface area contributed by atoms with E-state index < -0.39 is 0 Å². The Hall–Kier alpha value is -2.24. The Morgan fingerprint density at radius 3 is 2.91 bits per heavy atom. The summed E-state index contributed by atoms with van der Waals surface area (Å²) in [4.78, 5) is 16.7. The summed E-state index contributed by atoms with van der Waals surface area (Å²) in [6.07, 6.45) is 3.38. The second kappa shape index (κ2) is 6.89. The fourth-order valence-electron chi connectivity index (χ4n) is 2.84. The van der Waals surface area contributed by atoms with Gasteiger partial charge in [-0.3, -0.25) is 9.78 Å². The van der Waals surface area contributed by atoms with E-state index in [9.17, 15) is 4.79 Å². The van der Waals surface area contributed by atoms with Crippen molar-refractivity contribution in [3.05, 3.63) is 53.9 Å². The van der Waals surface area contributed by atoms with Crippen LogP contribution in [-0.4, -0.2) is 43.2 Å². The van der Waals surface area contributed by atoms with Crippen molar-refractivity contribution in [2.75, 3.05) is 20.2 Å². The monoisotopic (exact) mass is 311 g/mol. The summed E-state index contributed by atoms with van der Waals surface area (Å²) in [7, 11) is 1.66. The highest BCUT2D eigenvalue weighted by atomic mass is 16.5. The number of ether oxygens (including phenoxy) is 1. The summed E-state index contributed by atoms with van der Waals surface area (Å²) in [5, 5.41) is 6.24. The normalized spacial score (nSPS) is 20.4. The second-order valence-electron chi connectivity index (χ2n) is 5.84. The number of methoxy groups -OCH3 is 1. The molecule has 1 aromatic heterocycles. The van der Waals surface area contributed by atoms with E-state index in [-0.39, 0.29) is 18.1 Å². The summed E-state index contributed by atoms with van der Waals surface area (Å²) in [5.74, 6) is -0.122. The van der Waals surface area contributed by atoms with Gasteiger partial charge in [0.05, 0.1) is 17.7 Å². The van der Waals surface area contributed by atoms with Gasteiger partial charge in [-0.05, 0) is 18.6 Å². The van der Waals surface area contributed by atoms with Gasteiger partial charge in [0.2, 0.25) is 0 Å². The average Bonchev–Trinajstić information content (AvgIpc) is 3.02. The quantitative estimate of drug-likeness (QED) is 0.903. The maximum Gasteiger partial charge on any atom is 0.253 e. The molecule has 2 heterocycles. The molecule has 3 rings (SSSR count). The molecule has 0 unspecified atom stereocenters. The maximum atomic E-state index is 12.5. The zero-order valence-electron chi connectivity index (χ0n) is 13.4. The lowest BCUT2D eigenvalue weighted by Gasteiger charge is -2.18. The summed E-state index contributed by atoms with van der Waals surface area (Å²) < 4.78 is 5.37. The molecular weight excluding hydrogens is 290 g/mol. The fourth-order valence-corrected chi connectivity index (χ4v) is 2.84. The molecule has 2 atom stereocenters. The Balaban J connectivity index is 1.78. The van der Waals surface area contributed by atoms with E-state index in [1.165, 1.54) is 5.56 Å². The van der Waals surface area contributed by atoms with Crippen LogP contribution in [0.1, 0.15) is 15.9 Å². The molecule has 0 aliphatic carbocycles. The van der Waals surface area contributed by atoms with Crippen molar-refractivity contribution in [2.24, 2.45) is 0 Å². The van der Waals surface area contributed by atoms with Crippen LogP contribution in [-0.2, 0) is 4.74 Å². The molecule has 2 N–H and O–H groups in total. The van der Waals surface area contributed by atoms with Crippen LogP contribution in [0.5, 0.6) is 0 Å². The smallest absolute Gasteiger partial charge is 0.253 e. The minimum absolute atomic E-state index is 0.00636. The van der Waals surface area contributed by atoms with Crippen LogP contribution in [0.25, 0.3) is 11.1 Å². The van der Waals surface area contributed by atoms with Gasteiger partial charge >= 0.3 is 0 Å². The van der Waals surface area contributed by atoms with Gasteiger partial charge < -0.3 is 15.4 Å². The first kappa shape index (κ1) is 15.6. The summed E-state index contributed by atoms with van der Waals surface area (Å²) in [5.41, 5.74) is 3.74. The van der Waals surface area contributed by atoms with Gasteiger partial charge in [0.1, 0.15) is 0 Å². The minimum atomic E-state index is -0.122. The van der Waals surface area contributed by atoms with Gasteiger partial charge in [-0.25, -0.2) is 0 Å². The number of benzene rings is 1. The molecule has 0 spiro atoms. The SMILES string of the molecule is CO[C@H]1CNC[C@H]1NC(=O)c1cncc(-c2cccc(C)c2)c1. The number of carbonyl (C=O) groups is 1. The number of pyridine rings is 1. The van der Waals surface area contributed by atoms with Crippen molar-refractivity contribution in [1.82, 2.24) is 15.6 Å². The van der Waals surface area contributed by atoms with Crippen molar-refractivity contribution in [3.63, 3.8) is 0 Å². The highest BCUT2D eigenvalue weighted by Gasteiger charge is 2.28. The first-order chi connectivity index (χ1) is 11.2. The topological polar surface area (TPSA) is 63.2 Å². The lowest BCUT2D eigenvalue weighted by molar-refractivity contribution is 0.0779. The first-order valence-corrected chi connectivity index (χ1v) is 7.74. The van der Waals surface area contributed by atoms with Crippen LogP contribution in [0.4, 0.5) is 0 Å². The Bertz CT molecular complexity index is 702. The van der Waals surface area contributed by atoms with Gasteiger partial charge in [0.25, 0.3) is 5.91 Å². The van der Waals surface area contributed by atoms with E-state index in [1.54, 1.807) is 19.5 Å². The van der Waals surface area contributed by atoms with Crippen LogP contribution >= 0.6 is 0 Å². The standard InChI is InChI=1S/C18H21N3O2/c1-12-4-3-5-13(6-12)14-7-15(9-19-8-14)18(22)21-16-10-20-11-17(16)23-2/h3-9,16-17,20H,10-11H2,1-2H3,(H,21,22)/t16-,17+/m1/s1. The molecule has 1 aromatic carbocycles. The number of nitrogens with zero attached hydrogens (tertiary/aromatic N) is 1. The van der Waals surface area contributed by atoms with Gasteiger partial charge in [0.15, 0.2) is 0 Å². The minimum Gasteiger partial charge on any atom is -0.378 e. The Morgan fingerprint density at radius 1 is 1.26 bits per heavy atom. The van der Waals surface area contributed by atoms with Crippen LogP contribution in [0.15, 0.2) is 42.7 Å². The zero-order valence-corrected chi connectivity index (χ0v) is 13.4. The number of aryl methyl sites for hydroxylation is 1. The molecule has 2 aromatic rings. The molecule has 5 heteroatoms. The third kappa shape index (κ3) is 3.57. The number of aromatic nitrogens is 1. The predicted molar refractivity (Wildman–Crippen MR) is 89.3 cm³/mol. The van der Waals surface area contributed by atoms with Crippen LogP contribution < -0.4 is 10.6 Å². The number of hydrogen-bond acceptors (Lipinski definition) is 4. The molecule has 1 aliphatic heterocycles. The van der Waals surface area contributed by atoms with Crippen LogP contribution in [0, 0.1) is 6.92 Å². The zero-order chi connectivity index (χ0) is 16.2. The third-order valence-electron chi connectivity index (χ3n) is 4.13. The molecule has 0 bridgehead atoms. The Morgan fingerprint density at radius 2 is 2.13 bits per heavy atom.